The second kappa shape index (κ2) is 6.99. The number of hydrogen-bond donors (Lipinski definition) is 1. The van der Waals surface area contributed by atoms with Gasteiger partial charge in [-0.05, 0) is 24.1 Å². The average molecular weight is 331 g/mol. The molecule has 0 aliphatic carbocycles. The number of nitrogens with one attached hydrogen (secondary N) is 1. The third-order valence-electron chi connectivity index (χ3n) is 3.66. The Balaban J connectivity index is 2.09. The molecule has 1 aromatic carbocycles. The lowest BCUT2D eigenvalue weighted by Crippen LogP contribution is -2.27. The Bertz CT molecular complexity index is 587. The zero-order valence-electron chi connectivity index (χ0n) is 12.6. The van der Waals surface area contributed by atoms with E-state index in [0.29, 0.717) is 19.0 Å². The molecule has 1 aliphatic heterocycles. The van der Waals surface area contributed by atoms with Crippen LogP contribution < -0.4 is 10.2 Å². The fraction of sp³-hybridized carbons (Fsp3) is 0.600. The molecule has 0 amide bonds. The third-order valence-corrected chi connectivity index (χ3v) is 5.73. The van der Waals surface area contributed by atoms with E-state index in [1.807, 2.05) is 18.2 Å². The van der Waals surface area contributed by atoms with E-state index in [4.69, 9.17) is 11.6 Å². The van der Waals surface area contributed by atoms with Crippen molar-refractivity contribution in [2.24, 2.45) is 0 Å². The van der Waals surface area contributed by atoms with Crippen molar-refractivity contribution < 1.29 is 8.42 Å². The van der Waals surface area contributed by atoms with Crippen molar-refractivity contribution in [1.29, 1.82) is 0 Å². The minimum absolute atomic E-state index is 0.223. The second-order valence-electron chi connectivity index (χ2n) is 5.80. The Kier molecular flexibility index (Phi) is 5.52. The lowest BCUT2D eigenvalue weighted by Gasteiger charge is -2.23. The van der Waals surface area contributed by atoms with Crippen molar-refractivity contribution in [2.45, 2.75) is 32.9 Å². The van der Waals surface area contributed by atoms with E-state index in [0.717, 1.165) is 29.4 Å². The summed E-state index contributed by atoms with van der Waals surface area (Å²) in [5.41, 5.74) is 2.07. The van der Waals surface area contributed by atoms with Crippen molar-refractivity contribution in [3.8, 4) is 0 Å². The fourth-order valence-electron chi connectivity index (χ4n) is 2.39. The summed E-state index contributed by atoms with van der Waals surface area (Å²) in [7, 11) is -2.88. The molecular formula is C15H23ClN2O2S. The van der Waals surface area contributed by atoms with Gasteiger partial charge in [-0.1, -0.05) is 31.5 Å². The van der Waals surface area contributed by atoms with E-state index in [1.165, 1.54) is 0 Å². The van der Waals surface area contributed by atoms with Gasteiger partial charge in [0.1, 0.15) is 0 Å². The van der Waals surface area contributed by atoms with Gasteiger partial charge in [0.2, 0.25) is 0 Å². The summed E-state index contributed by atoms with van der Waals surface area (Å²) in [4.78, 5) is 2.11. The van der Waals surface area contributed by atoms with Crippen LogP contribution in [0.25, 0.3) is 0 Å². The molecular weight excluding hydrogens is 308 g/mol. The molecule has 2 rings (SSSR count). The third kappa shape index (κ3) is 4.87. The van der Waals surface area contributed by atoms with E-state index < -0.39 is 9.84 Å². The highest BCUT2D eigenvalue weighted by atomic mass is 35.5. The summed E-state index contributed by atoms with van der Waals surface area (Å²) in [5.74, 6) is 0.509. The molecule has 1 heterocycles. The minimum Gasteiger partial charge on any atom is -0.370 e. The maximum atomic E-state index is 11.7. The van der Waals surface area contributed by atoms with Crippen LogP contribution in [0.4, 0.5) is 5.69 Å². The molecule has 0 saturated carbocycles. The monoisotopic (exact) mass is 330 g/mol. The maximum Gasteiger partial charge on any atom is 0.152 e. The van der Waals surface area contributed by atoms with E-state index in [1.54, 1.807) is 0 Å². The lowest BCUT2D eigenvalue weighted by atomic mass is 10.1. The zero-order chi connectivity index (χ0) is 15.5. The van der Waals surface area contributed by atoms with Gasteiger partial charge in [0.25, 0.3) is 0 Å². The smallest absolute Gasteiger partial charge is 0.152 e. The number of hydrogen-bond acceptors (Lipinski definition) is 4. The molecule has 4 nitrogen and oxygen atoms in total. The molecule has 1 aromatic rings. The van der Waals surface area contributed by atoms with E-state index in [9.17, 15) is 8.42 Å². The molecule has 21 heavy (non-hydrogen) atoms. The first-order valence-electron chi connectivity index (χ1n) is 7.34. The summed E-state index contributed by atoms with van der Waals surface area (Å²) in [6, 6.07) is 6.40. The lowest BCUT2D eigenvalue weighted by molar-refractivity contribution is 0.589. The van der Waals surface area contributed by atoms with Crippen molar-refractivity contribution in [1.82, 2.24) is 5.32 Å². The summed E-state index contributed by atoms with van der Waals surface area (Å²) in [6.07, 6.45) is 0.677. The first-order valence-corrected chi connectivity index (χ1v) is 9.54. The number of sulfone groups is 1. The topological polar surface area (TPSA) is 49.4 Å². The van der Waals surface area contributed by atoms with Gasteiger partial charge in [0.15, 0.2) is 9.84 Å². The summed E-state index contributed by atoms with van der Waals surface area (Å²) >= 11 is 6.34. The minimum atomic E-state index is -2.88. The first kappa shape index (κ1) is 16.6. The number of anilines is 1. The van der Waals surface area contributed by atoms with Crippen molar-refractivity contribution in [3.05, 3.63) is 28.8 Å². The Morgan fingerprint density at radius 1 is 1.29 bits per heavy atom. The van der Waals surface area contributed by atoms with Gasteiger partial charge in [-0.25, -0.2) is 8.42 Å². The van der Waals surface area contributed by atoms with Crippen molar-refractivity contribution in [3.63, 3.8) is 0 Å². The highest BCUT2D eigenvalue weighted by Gasteiger charge is 2.19. The molecule has 0 radical (unpaired) electrons. The van der Waals surface area contributed by atoms with E-state index >= 15 is 0 Å². The van der Waals surface area contributed by atoms with Gasteiger partial charge in [-0.15, -0.1) is 0 Å². The molecule has 1 aliphatic rings. The van der Waals surface area contributed by atoms with Gasteiger partial charge in [0, 0.05) is 36.4 Å². The Labute approximate surface area is 132 Å². The van der Waals surface area contributed by atoms with Crippen molar-refractivity contribution in [2.75, 3.05) is 29.5 Å². The largest absolute Gasteiger partial charge is 0.370 e. The predicted molar refractivity (Wildman–Crippen MR) is 88.9 cm³/mol. The van der Waals surface area contributed by atoms with Crippen molar-refractivity contribution >= 4 is 27.1 Å². The maximum absolute atomic E-state index is 11.7. The van der Waals surface area contributed by atoms with Crippen LogP contribution in [0.3, 0.4) is 0 Å². The molecule has 1 fully saturated rings. The Hall–Kier alpha value is -0.780. The molecule has 0 atom stereocenters. The molecule has 0 aromatic heterocycles. The number of rotatable bonds is 4. The number of nitrogens with zero attached hydrogens (tertiary/aromatic N) is 1. The number of benzene rings is 1. The highest BCUT2D eigenvalue weighted by Crippen LogP contribution is 2.25. The van der Waals surface area contributed by atoms with E-state index in [-0.39, 0.29) is 11.5 Å². The van der Waals surface area contributed by atoms with Gasteiger partial charge < -0.3 is 10.2 Å². The Morgan fingerprint density at radius 2 is 2.05 bits per heavy atom. The van der Waals surface area contributed by atoms with Crippen LogP contribution in [0, 0.1) is 0 Å². The predicted octanol–water partition coefficient (Wildman–Crippen LogP) is 2.46. The summed E-state index contributed by atoms with van der Waals surface area (Å²) in [6.45, 7) is 6.24. The SMILES string of the molecule is CC(C)NCc1ccc(N2CCCS(=O)(=O)CC2)cc1Cl. The van der Waals surface area contributed by atoms with Crippen LogP contribution >= 0.6 is 11.6 Å². The normalized spacial score (nSPS) is 18.8. The number of halogens is 1. The fourth-order valence-corrected chi connectivity index (χ4v) is 3.90. The van der Waals surface area contributed by atoms with Crippen LogP contribution in [-0.4, -0.2) is 39.1 Å². The van der Waals surface area contributed by atoms with Crippen LogP contribution in [-0.2, 0) is 16.4 Å². The molecule has 1 saturated heterocycles. The second-order valence-corrected chi connectivity index (χ2v) is 8.51. The molecule has 0 bridgehead atoms. The average Bonchev–Trinajstić information content (AvgIpc) is 2.58. The quantitative estimate of drug-likeness (QED) is 0.921. The molecule has 118 valence electrons. The molecule has 0 spiro atoms. The molecule has 0 unspecified atom stereocenters. The molecule has 6 heteroatoms. The molecule has 1 N–H and O–H groups in total. The van der Waals surface area contributed by atoms with Crippen LogP contribution in [0.1, 0.15) is 25.8 Å². The first-order chi connectivity index (χ1) is 9.87. The standard InChI is InChI=1S/C15H23ClN2O2S/c1-12(2)17-11-13-4-5-14(10-15(13)16)18-6-3-8-21(19,20)9-7-18/h4-5,10,12,17H,3,6-9,11H2,1-2H3. The van der Waals surface area contributed by atoms with Gasteiger partial charge in [0.05, 0.1) is 11.5 Å². The summed E-state index contributed by atoms with van der Waals surface area (Å²) < 4.78 is 23.3. The highest BCUT2D eigenvalue weighted by molar-refractivity contribution is 7.91. The van der Waals surface area contributed by atoms with Gasteiger partial charge in [-0.2, -0.15) is 0 Å². The van der Waals surface area contributed by atoms with Gasteiger partial charge >= 0.3 is 0 Å². The van der Waals surface area contributed by atoms with Crippen LogP contribution in [0.5, 0.6) is 0 Å². The zero-order valence-corrected chi connectivity index (χ0v) is 14.2. The Morgan fingerprint density at radius 3 is 2.71 bits per heavy atom. The summed E-state index contributed by atoms with van der Waals surface area (Å²) in [5, 5.41) is 4.07. The van der Waals surface area contributed by atoms with Crippen LogP contribution in [0.15, 0.2) is 18.2 Å². The van der Waals surface area contributed by atoms with Crippen LogP contribution in [0.2, 0.25) is 5.02 Å². The van der Waals surface area contributed by atoms with E-state index in [2.05, 4.69) is 24.1 Å². The van der Waals surface area contributed by atoms with Gasteiger partial charge in [-0.3, -0.25) is 0 Å².